The van der Waals surface area contributed by atoms with Crippen LogP contribution in [0.5, 0.6) is 0 Å². The van der Waals surface area contributed by atoms with E-state index >= 15 is 0 Å². The maximum Gasteiger partial charge on any atom is 0.129 e. The van der Waals surface area contributed by atoms with Crippen LogP contribution in [0.2, 0.25) is 5.02 Å². The lowest BCUT2D eigenvalue weighted by atomic mass is 10.2. The molecule has 5 heteroatoms. The molecule has 1 aromatic heterocycles. The molecule has 2 aromatic rings. The summed E-state index contributed by atoms with van der Waals surface area (Å²) in [5, 5.41) is 12.9. The van der Waals surface area contributed by atoms with Gasteiger partial charge in [-0.25, -0.2) is 0 Å². The fraction of sp³-hybridized carbons (Fsp3) is 0.286. The van der Waals surface area contributed by atoms with Crippen molar-refractivity contribution in [2.75, 3.05) is 24.3 Å². The minimum absolute atomic E-state index is 0.0832. The zero-order valence-electron chi connectivity index (χ0n) is 11.0. The van der Waals surface area contributed by atoms with Crippen LogP contribution in [0.25, 0.3) is 0 Å². The van der Waals surface area contributed by atoms with Crippen molar-refractivity contribution >= 4 is 23.0 Å². The SMILES string of the molecule is CN(C)c1ccc(Cl)cc1NCc1ccc(CO)o1. The van der Waals surface area contributed by atoms with Gasteiger partial charge in [0.2, 0.25) is 0 Å². The molecule has 0 amide bonds. The highest BCUT2D eigenvalue weighted by molar-refractivity contribution is 6.31. The van der Waals surface area contributed by atoms with E-state index in [9.17, 15) is 0 Å². The topological polar surface area (TPSA) is 48.6 Å². The Kier molecular flexibility index (Phi) is 4.35. The summed E-state index contributed by atoms with van der Waals surface area (Å²) in [4.78, 5) is 2.01. The molecule has 0 atom stereocenters. The standard InChI is InChI=1S/C14H17ClN2O2/c1-17(2)14-6-3-10(15)7-13(14)16-8-11-4-5-12(9-18)19-11/h3-7,16,18H,8-9H2,1-2H3. The summed E-state index contributed by atoms with van der Waals surface area (Å²) < 4.78 is 5.43. The Morgan fingerprint density at radius 1 is 1.21 bits per heavy atom. The van der Waals surface area contributed by atoms with Gasteiger partial charge in [0.1, 0.15) is 18.1 Å². The molecule has 0 saturated carbocycles. The van der Waals surface area contributed by atoms with Gasteiger partial charge < -0.3 is 19.7 Å². The number of aliphatic hydroxyl groups is 1. The third kappa shape index (κ3) is 3.43. The molecule has 0 aliphatic rings. The molecule has 1 heterocycles. The van der Waals surface area contributed by atoms with Crippen LogP contribution in [0.1, 0.15) is 11.5 Å². The molecule has 0 aliphatic heterocycles. The first kappa shape index (κ1) is 13.8. The smallest absolute Gasteiger partial charge is 0.129 e. The van der Waals surface area contributed by atoms with Gasteiger partial charge in [-0.1, -0.05) is 11.6 Å². The van der Waals surface area contributed by atoms with Crippen LogP contribution >= 0.6 is 11.6 Å². The number of nitrogens with zero attached hydrogens (tertiary/aromatic N) is 1. The third-order valence-electron chi connectivity index (χ3n) is 2.77. The lowest BCUT2D eigenvalue weighted by Crippen LogP contribution is -2.12. The van der Waals surface area contributed by atoms with E-state index in [4.69, 9.17) is 21.1 Å². The number of halogens is 1. The molecule has 19 heavy (non-hydrogen) atoms. The van der Waals surface area contributed by atoms with Gasteiger partial charge in [-0.15, -0.1) is 0 Å². The van der Waals surface area contributed by atoms with Gasteiger partial charge in [0.15, 0.2) is 0 Å². The van der Waals surface area contributed by atoms with E-state index in [1.165, 1.54) is 0 Å². The van der Waals surface area contributed by atoms with Crippen molar-refractivity contribution in [2.24, 2.45) is 0 Å². The Balaban J connectivity index is 2.12. The second kappa shape index (κ2) is 5.99. The Labute approximate surface area is 117 Å². The van der Waals surface area contributed by atoms with E-state index in [1.807, 2.05) is 43.3 Å². The lowest BCUT2D eigenvalue weighted by Gasteiger charge is -2.18. The minimum Gasteiger partial charge on any atom is -0.462 e. The van der Waals surface area contributed by atoms with Crippen molar-refractivity contribution in [1.29, 1.82) is 0 Å². The summed E-state index contributed by atoms with van der Waals surface area (Å²) in [6.45, 7) is 0.460. The van der Waals surface area contributed by atoms with Gasteiger partial charge in [0, 0.05) is 19.1 Å². The number of rotatable bonds is 5. The molecular formula is C14H17ClN2O2. The highest BCUT2D eigenvalue weighted by atomic mass is 35.5. The van der Waals surface area contributed by atoms with Gasteiger partial charge in [-0.05, 0) is 30.3 Å². The second-order valence-electron chi connectivity index (χ2n) is 4.44. The number of anilines is 2. The molecule has 2 N–H and O–H groups in total. The minimum atomic E-state index is -0.0832. The first-order valence-electron chi connectivity index (χ1n) is 5.99. The molecule has 0 bridgehead atoms. The number of aliphatic hydroxyl groups excluding tert-OH is 1. The largest absolute Gasteiger partial charge is 0.462 e. The van der Waals surface area contributed by atoms with Crippen molar-refractivity contribution in [3.8, 4) is 0 Å². The van der Waals surface area contributed by atoms with Crippen LogP contribution in [0.4, 0.5) is 11.4 Å². The van der Waals surface area contributed by atoms with Crippen molar-refractivity contribution in [3.63, 3.8) is 0 Å². The Bertz CT molecular complexity index is 552. The molecule has 0 spiro atoms. The maximum atomic E-state index is 8.95. The van der Waals surface area contributed by atoms with Crippen molar-refractivity contribution in [1.82, 2.24) is 0 Å². The second-order valence-corrected chi connectivity index (χ2v) is 4.87. The normalized spacial score (nSPS) is 10.5. The van der Waals surface area contributed by atoms with Crippen LogP contribution < -0.4 is 10.2 Å². The first-order chi connectivity index (χ1) is 9.10. The summed E-state index contributed by atoms with van der Waals surface area (Å²) in [5.41, 5.74) is 2.00. The van der Waals surface area contributed by atoms with Gasteiger partial charge in [-0.3, -0.25) is 0 Å². The molecular weight excluding hydrogens is 264 g/mol. The summed E-state index contributed by atoms with van der Waals surface area (Å²) in [7, 11) is 3.95. The van der Waals surface area contributed by atoms with Gasteiger partial charge >= 0.3 is 0 Å². The quantitative estimate of drug-likeness (QED) is 0.884. The molecule has 0 radical (unpaired) electrons. The average molecular weight is 281 g/mol. The van der Waals surface area contributed by atoms with Crippen LogP contribution in [0.15, 0.2) is 34.7 Å². The molecule has 0 unspecified atom stereocenters. The monoisotopic (exact) mass is 280 g/mol. The molecule has 102 valence electrons. The number of furan rings is 1. The van der Waals surface area contributed by atoms with Crippen molar-refractivity contribution in [2.45, 2.75) is 13.2 Å². The molecule has 2 rings (SSSR count). The summed E-state index contributed by atoms with van der Waals surface area (Å²) in [6.07, 6.45) is 0. The number of benzene rings is 1. The van der Waals surface area contributed by atoms with E-state index in [2.05, 4.69) is 5.32 Å². The van der Waals surface area contributed by atoms with E-state index in [0.717, 1.165) is 17.1 Å². The summed E-state index contributed by atoms with van der Waals surface area (Å²) in [5.74, 6) is 1.34. The fourth-order valence-corrected chi connectivity index (χ4v) is 2.00. The van der Waals surface area contributed by atoms with E-state index in [0.29, 0.717) is 17.3 Å². The van der Waals surface area contributed by atoms with Crippen LogP contribution in [0.3, 0.4) is 0 Å². The average Bonchev–Trinajstić information content (AvgIpc) is 2.84. The van der Waals surface area contributed by atoms with E-state index < -0.39 is 0 Å². The zero-order chi connectivity index (χ0) is 13.8. The molecule has 0 saturated heterocycles. The number of hydrogen-bond donors (Lipinski definition) is 2. The number of hydrogen-bond acceptors (Lipinski definition) is 4. The molecule has 0 fully saturated rings. The lowest BCUT2D eigenvalue weighted by molar-refractivity contribution is 0.244. The molecule has 0 aliphatic carbocycles. The van der Waals surface area contributed by atoms with Gasteiger partial charge in [-0.2, -0.15) is 0 Å². The molecule has 4 nitrogen and oxygen atoms in total. The Morgan fingerprint density at radius 2 is 1.95 bits per heavy atom. The van der Waals surface area contributed by atoms with Crippen molar-refractivity contribution in [3.05, 3.63) is 46.9 Å². The highest BCUT2D eigenvalue weighted by Crippen LogP contribution is 2.28. The van der Waals surface area contributed by atoms with Gasteiger partial charge in [0.05, 0.1) is 17.9 Å². The summed E-state index contributed by atoms with van der Waals surface area (Å²) in [6, 6.07) is 9.32. The van der Waals surface area contributed by atoms with Crippen LogP contribution in [-0.2, 0) is 13.2 Å². The Hall–Kier alpha value is -1.65. The predicted octanol–water partition coefficient (Wildman–Crippen LogP) is 3.10. The summed E-state index contributed by atoms with van der Waals surface area (Å²) >= 11 is 6.01. The highest BCUT2D eigenvalue weighted by Gasteiger charge is 2.07. The van der Waals surface area contributed by atoms with Crippen LogP contribution in [-0.4, -0.2) is 19.2 Å². The maximum absolute atomic E-state index is 8.95. The fourth-order valence-electron chi connectivity index (χ4n) is 1.82. The van der Waals surface area contributed by atoms with E-state index in [-0.39, 0.29) is 6.61 Å². The van der Waals surface area contributed by atoms with Crippen LogP contribution in [0, 0.1) is 0 Å². The Morgan fingerprint density at radius 3 is 2.58 bits per heavy atom. The predicted molar refractivity (Wildman–Crippen MR) is 77.7 cm³/mol. The molecule has 1 aromatic carbocycles. The number of nitrogens with one attached hydrogen (secondary N) is 1. The van der Waals surface area contributed by atoms with Crippen molar-refractivity contribution < 1.29 is 9.52 Å². The van der Waals surface area contributed by atoms with E-state index in [1.54, 1.807) is 6.07 Å². The third-order valence-corrected chi connectivity index (χ3v) is 3.00. The zero-order valence-corrected chi connectivity index (χ0v) is 11.7. The first-order valence-corrected chi connectivity index (χ1v) is 6.37. The van der Waals surface area contributed by atoms with Gasteiger partial charge in [0.25, 0.3) is 0 Å².